The van der Waals surface area contributed by atoms with Gasteiger partial charge in [-0.15, -0.1) is 0 Å². The lowest BCUT2D eigenvalue weighted by atomic mass is 9.94. The van der Waals surface area contributed by atoms with Crippen molar-refractivity contribution in [2.45, 2.75) is 38.6 Å². The monoisotopic (exact) mass is 480 g/mol. The molecule has 0 aromatic heterocycles. The number of methoxy groups -OCH3 is 1. The highest BCUT2D eigenvalue weighted by atomic mass is 16.6. The van der Waals surface area contributed by atoms with Gasteiger partial charge in [-0.3, -0.25) is 24.6 Å². The first-order valence-electron chi connectivity index (χ1n) is 12.1. The number of piperazine rings is 1. The molecule has 2 aliphatic rings. The molecule has 0 spiro atoms. The summed E-state index contributed by atoms with van der Waals surface area (Å²) in [5, 5.41) is 14.3. The molecular weight excluding hydrogens is 448 g/mol. The number of ether oxygens (including phenoxy) is 1. The molecule has 0 unspecified atom stereocenters. The summed E-state index contributed by atoms with van der Waals surface area (Å²) in [4.78, 5) is 41.2. The topological polar surface area (TPSA) is 105 Å². The summed E-state index contributed by atoms with van der Waals surface area (Å²) >= 11 is 0. The van der Waals surface area contributed by atoms with Gasteiger partial charge >= 0.3 is 0 Å². The molecule has 1 aliphatic carbocycles. The summed E-state index contributed by atoms with van der Waals surface area (Å²) < 4.78 is 5.20. The fraction of sp³-hybridized carbons (Fsp3) is 0.462. The second-order valence-electron chi connectivity index (χ2n) is 9.29. The predicted octanol–water partition coefficient (Wildman–Crippen LogP) is 3.87. The first-order valence-corrected chi connectivity index (χ1v) is 12.1. The van der Waals surface area contributed by atoms with E-state index in [1.165, 1.54) is 6.07 Å². The molecule has 4 rings (SSSR count). The molecule has 9 nitrogen and oxygen atoms in total. The number of amides is 2. The normalized spacial score (nSPS) is 17.7. The summed E-state index contributed by atoms with van der Waals surface area (Å²) in [6, 6.07) is 11.7. The van der Waals surface area contributed by atoms with Gasteiger partial charge in [0.15, 0.2) is 0 Å². The van der Waals surface area contributed by atoms with Gasteiger partial charge in [-0.25, -0.2) is 0 Å². The molecule has 0 radical (unpaired) electrons. The molecule has 0 bridgehead atoms. The third kappa shape index (κ3) is 5.62. The number of carbonyl (C=O) groups excluding carboxylic acids is 2. The summed E-state index contributed by atoms with van der Waals surface area (Å²) in [6.07, 6.45) is 4.29. The van der Waals surface area contributed by atoms with Crippen LogP contribution in [-0.2, 0) is 4.79 Å². The van der Waals surface area contributed by atoms with Crippen LogP contribution in [0.2, 0.25) is 0 Å². The van der Waals surface area contributed by atoms with E-state index in [4.69, 9.17) is 4.74 Å². The first kappa shape index (κ1) is 24.7. The van der Waals surface area contributed by atoms with E-state index in [1.807, 2.05) is 24.3 Å². The van der Waals surface area contributed by atoms with Gasteiger partial charge in [0.2, 0.25) is 5.91 Å². The van der Waals surface area contributed by atoms with Crippen LogP contribution in [0.5, 0.6) is 5.75 Å². The van der Waals surface area contributed by atoms with E-state index in [-0.39, 0.29) is 29.5 Å². The smallest absolute Gasteiger partial charge is 0.273 e. The molecule has 1 atom stereocenters. The minimum atomic E-state index is -0.461. The van der Waals surface area contributed by atoms with Gasteiger partial charge in [-0.05, 0) is 56.0 Å². The predicted molar refractivity (Wildman–Crippen MR) is 133 cm³/mol. The summed E-state index contributed by atoms with van der Waals surface area (Å²) in [5.41, 5.74) is 1.53. The fourth-order valence-electron chi connectivity index (χ4n) is 5.17. The average Bonchev–Trinajstić information content (AvgIpc) is 3.39. The number of rotatable bonds is 7. The van der Waals surface area contributed by atoms with Gasteiger partial charge in [-0.2, -0.15) is 0 Å². The zero-order chi connectivity index (χ0) is 24.9. The van der Waals surface area contributed by atoms with Crippen LogP contribution in [0.3, 0.4) is 0 Å². The van der Waals surface area contributed by atoms with Crippen LogP contribution in [0.25, 0.3) is 0 Å². The Bertz CT molecular complexity index is 1070. The lowest BCUT2D eigenvalue weighted by Crippen LogP contribution is -2.56. The van der Waals surface area contributed by atoms with Crippen molar-refractivity contribution in [2.24, 2.45) is 5.92 Å². The number of aryl methyl sites for hydroxylation is 1. The Hall–Kier alpha value is -3.46. The van der Waals surface area contributed by atoms with Crippen molar-refractivity contribution in [2.75, 3.05) is 38.6 Å². The van der Waals surface area contributed by atoms with Crippen molar-refractivity contribution < 1.29 is 19.2 Å². The van der Waals surface area contributed by atoms with Crippen LogP contribution in [0.1, 0.15) is 41.6 Å². The average molecular weight is 481 g/mol. The molecule has 1 saturated heterocycles. The largest absolute Gasteiger partial charge is 0.497 e. The molecule has 1 N–H and O–H groups in total. The molecule has 2 amide bonds. The van der Waals surface area contributed by atoms with Gasteiger partial charge in [0, 0.05) is 49.1 Å². The van der Waals surface area contributed by atoms with Crippen LogP contribution in [0.4, 0.5) is 11.4 Å². The van der Waals surface area contributed by atoms with E-state index >= 15 is 0 Å². The van der Waals surface area contributed by atoms with Crippen molar-refractivity contribution in [3.63, 3.8) is 0 Å². The van der Waals surface area contributed by atoms with Crippen LogP contribution >= 0.6 is 0 Å². The van der Waals surface area contributed by atoms with Crippen molar-refractivity contribution in [1.29, 1.82) is 0 Å². The molecule has 1 heterocycles. The third-order valence-electron chi connectivity index (χ3n) is 7.12. The maximum absolute atomic E-state index is 13.4. The highest BCUT2D eigenvalue weighted by Crippen LogP contribution is 2.32. The number of nitrogens with zero attached hydrogens (tertiary/aromatic N) is 3. The van der Waals surface area contributed by atoms with E-state index in [2.05, 4.69) is 10.2 Å². The quantitative estimate of drug-likeness (QED) is 0.477. The van der Waals surface area contributed by atoms with Crippen molar-refractivity contribution >= 4 is 23.2 Å². The zero-order valence-corrected chi connectivity index (χ0v) is 20.2. The van der Waals surface area contributed by atoms with E-state index in [0.29, 0.717) is 37.3 Å². The van der Waals surface area contributed by atoms with Gasteiger partial charge in [-0.1, -0.05) is 18.9 Å². The van der Waals surface area contributed by atoms with E-state index < -0.39 is 4.92 Å². The van der Waals surface area contributed by atoms with Crippen molar-refractivity contribution in [1.82, 2.24) is 9.80 Å². The van der Waals surface area contributed by atoms with Crippen molar-refractivity contribution in [3.8, 4) is 5.75 Å². The molecule has 2 aromatic rings. The third-order valence-corrected chi connectivity index (χ3v) is 7.12. The molecule has 2 aromatic carbocycles. The lowest BCUT2D eigenvalue weighted by Gasteiger charge is -2.40. The van der Waals surface area contributed by atoms with Crippen molar-refractivity contribution in [3.05, 3.63) is 63.7 Å². The second kappa shape index (κ2) is 10.9. The minimum absolute atomic E-state index is 0.0176. The van der Waals surface area contributed by atoms with Gasteiger partial charge in [0.1, 0.15) is 5.75 Å². The minimum Gasteiger partial charge on any atom is -0.497 e. The molecule has 1 aliphatic heterocycles. The van der Waals surface area contributed by atoms with Gasteiger partial charge in [0.05, 0.1) is 18.1 Å². The highest BCUT2D eigenvalue weighted by Gasteiger charge is 2.37. The van der Waals surface area contributed by atoms with E-state index in [0.717, 1.165) is 37.1 Å². The number of hydrogen-bond acceptors (Lipinski definition) is 6. The van der Waals surface area contributed by atoms with E-state index in [9.17, 15) is 19.7 Å². The molecule has 2 fully saturated rings. The Morgan fingerprint density at radius 3 is 2.31 bits per heavy atom. The summed E-state index contributed by atoms with van der Waals surface area (Å²) in [5.74, 6) is 0.786. The summed E-state index contributed by atoms with van der Waals surface area (Å²) in [7, 11) is 1.61. The Labute approximate surface area is 205 Å². The Balaban J connectivity index is 1.43. The number of hydrogen-bond donors (Lipinski definition) is 1. The SMILES string of the molecule is COc1ccc(NC(=O)[C@@H](C2CCCC2)N2CCN(C(=O)c3ccc(C)c([N+](=O)[O-])c3)CC2)cc1. The highest BCUT2D eigenvalue weighted by molar-refractivity contribution is 5.96. The fourth-order valence-corrected chi connectivity index (χ4v) is 5.17. The zero-order valence-electron chi connectivity index (χ0n) is 20.2. The van der Waals surface area contributed by atoms with E-state index in [1.54, 1.807) is 31.1 Å². The van der Waals surface area contributed by atoms with Crippen LogP contribution in [-0.4, -0.2) is 65.9 Å². The maximum Gasteiger partial charge on any atom is 0.273 e. The lowest BCUT2D eigenvalue weighted by molar-refractivity contribution is -0.385. The molecule has 186 valence electrons. The molecule has 35 heavy (non-hydrogen) atoms. The second-order valence-corrected chi connectivity index (χ2v) is 9.29. The number of benzene rings is 2. The maximum atomic E-state index is 13.4. The number of carbonyl (C=O) groups is 2. The first-order chi connectivity index (χ1) is 16.9. The number of anilines is 1. The Kier molecular flexibility index (Phi) is 7.65. The van der Waals surface area contributed by atoms with Crippen LogP contribution in [0.15, 0.2) is 42.5 Å². The standard InChI is InChI=1S/C26H32N4O5/c1-18-7-8-20(17-23(18)30(33)34)26(32)29-15-13-28(14-16-29)24(19-5-3-4-6-19)25(31)27-21-9-11-22(35-2)12-10-21/h7-12,17,19,24H,3-6,13-16H2,1-2H3,(H,27,31)/t24-/m1/s1. The Morgan fingerprint density at radius 1 is 1.06 bits per heavy atom. The molecular formula is C26H32N4O5. The molecule has 9 heteroatoms. The van der Waals surface area contributed by atoms with Crippen LogP contribution < -0.4 is 10.1 Å². The van der Waals surface area contributed by atoms with Gasteiger partial charge < -0.3 is 15.0 Å². The number of nitro groups is 1. The Morgan fingerprint density at radius 2 is 1.71 bits per heavy atom. The molecule has 1 saturated carbocycles. The number of nitrogens with one attached hydrogen (secondary N) is 1. The van der Waals surface area contributed by atoms with Gasteiger partial charge in [0.25, 0.3) is 11.6 Å². The van der Waals surface area contributed by atoms with Crippen LogP contribution in [0, 0.1) is 23.0 Å². The summed E-state index contributed by atoms with van der Waals surface area (Å²) in [6.45, 7) is 3.76. The number of nitro benzene ring substituents is 1.